The van der Waals surface area contributed by atoms with Crippen molar-refractivity contribution in [1.82, 2.24) is 24.8 Å². The van der Waals surface area contributed by atoms with E-state index < -0.39 is 0 Å². The molecular weight excluding hydrogens is 506 g/mol. The number of aromatic nitrogens is 3. The van der Waals surface area contributed by atoms with Crippen LogP contribution in [0.1, 0.15) is 49.9 Å². The highest BCUT2D eigenvalue weighted by atomic mass is 15.2. The molecule has 1 unspecified atom stereocenters. The summed E-state index contributed by atoms with van der Waals surface area (Å²) in [5.41, 5.74) is 13.1. The number of rotatable bonds is 12. The Hall–Kier alpha value is -4.23. The van der Waals surface area contributed by atoms with E-state index in [0.717, 1.165) is 42.2 Å². The second kappa shape index (κ2) is 13.9. The molecule has 2 heterocycles. The lowest BCUT2D eigenvalue weighted by Gasteiger charge is -2.27. The Balaban J connectivity index is 0.000000507. The standard InChI is InChI=1S/C28H33N5.C6H14N2/c1-6-22-12-15-23(16-13-22)28(21(3)32(4)5)33-18-27(30-19-33)31-20(2)11-14-24-17-29-26-10-8-7-9-25(24)26;1-5(8-4)6(2,3)7/h7-10,12-13,15-19,28-29,31H,2-3,6,11,14H2,1,4-5H3;8H,1,7H2,2-4H3. The Morgan fingerprint density at radius 3 is 2.37 bits per heavy atom. The van der Waals surface area contributed by atoms with E-state index in [9.17, 15) is 0 Å². The van der Waals surface area contributed by atoms with Gasteiger partial charge in [0.25, 0.3) is 0 Å². The number of nitrogens with zero attached hydrogens (tertiary/aromatic N) is 3. The molecule has 0 fully saturated rings. The van der Waals surface area contributed by atoms with Gasteiger partial charge in [-0.05, 0) is 55.9 Å². The monoisotopic (exact) mass is 553 g/mol. The summed E-state index contributed by atoms with van der Waals surface area (Å²) >= 11 is 0. The van der Waals surface area contributed by atoms with E-state index in [4.69, 9.17) is 5.73 Å². The lowest BCUT2D eigenvalue weighted by atomic mass is 10.0. The molecule has 41 heavy (non-hydrogen) atoms. The minimum atomic E-state index is -0.297. The number of H-pyrrole nitrogens is 1. The van der Waals surface area contributed by atoms with E-state index in [1.54, 1.807) is 0 Å². The van der Waals surface area contributed by atoms with E-state index in [1.807, 2.05) is 47.5 Å². The number of likely N-dealkylation sites (N-methyl/N-ethyl adjacent to an activating group) is 2. The van der Waals surface area contributed by atoms with Crippen LogP contribution in [-0.4, -0.2) is 46.1 Å². The van der Waals surface area contributed by atoms with Crippen LogP contribution in [0.5, 0.6) is 0 Å². The van der Waals surface area contributed by atoms with Crippen molar-refractivity contribution < 1.29 is 0 Å². The van der Waals surface area contributed by atoms with E-state index in [1.165, 1.54) is 27.6 Å². The first kappa shape index (κ1) is 31.3. The van der Waals surface area contributed by atoms with Crippen LogP contribution in [-0.2, 0) is 12.8 Å². The molecule has 0 aliphatic heterocycles. The molecule has 2 aromatic heterocycles. The molecule has 5 N–H and O–H groups in total. The number of para-hydroxylation sites is 1. The van der Waals surface area contributed by atoms with E-state index in [-0.39, 0.29) is 11.6 Å². The number of hydrogen-bond acceptors (Lipinski definition) is 5. The summed E-state index contributed by atoms with van der Waals surface area (Å²) in [6, 6.07) is 17.1. The third-order valence-corrected chi connectivity index (χ3v) is 7.25. The number of aryl methyl sites for hydroxylation is 2. The number of imidazole rings is 1. The van der Waals surface area contributed by atoms with Gasteiger partial charge >= 0.3 is 0 Å². The number of nitrogens with one attached hydrogen (secondary N) is 3. The Labute approximate surface area is 245 Å². The molecule has 4 rings (SSSR count). The highest BCUT2D eigenvalue weighted by molar-refractivity contribution is 5.83. The van der Waals surface area contributed by atoms with Gasteiger partial charge in [0.2, 0.25) is 0 Å². The van der Waals surface area contributed by atoms with Gasteiger partial charge in [0.05, 0.1) is 12.4 Å². The fourth-order valence-electron chi connectivity index (χ4n) is 4.45. The Morgan fingerprint density at radius 2 is 1.78 bits per heavy atom. The van der Waals surface area contributed by atoms with Gasteiger partial charge < -0.3 is 30.8 Å². The second-order valence-electron chi connectivity index (χ2n) is 11.1. The first-order valence-corrected chi connectivity index (χ1v) is 14.1. The van der Waals surface area contributed by atoms with E-state index in [2.05, 4.69) is 111 Å². The van der Waals surface area contributed by atoms with Crippen LogP contribution < -0.4 is 16.4 Å². The summed E-state index contributed by atoms with van der Waals surface area (Å²) < 4.78 is 2.11. The van der Waals surface area contributed by atoms with Gasteiger partial charge in [-0.2, -0.15) is 0 Å². The van der Waals surface area contributed by atoms with Gasteiger partial charge in [0.15, 0.2) is 0 Å². The summed E-state index contributed by atoms with van der Waals surface area (Å²) in [6.45, 7) is 18.3. The van der Waals surface area contributed by atoms with Crippen LogP contribution in [0.25, 0.3) is 10.9 Å². The lowest BCUT2D eigenvalue weighted by Crippen LogP contribution is -2.38. The molecule has 0 bridgehead atoms. The number of anilines is 1. The molecule has 4 aromatic rings. The third-order valence-electron chi connectivity index (χ3n) is 7.25. The van der Waals surface area contributed by atoms with Crippen molar-refractivity contribution in [2.24, 2.45) is 5.73 Å². The molecule has 1 atom stereocenters. The molecule has 0 saturated heterocycles. The van der Waals surface area contributed by atoms with Gasteiger partial charge in [-0.15, -0.1) is 0 Å². The number of fused-ring (bicyclic) bond motifs is 1. The predicted octanol–water partition coefficient (Wildman–Crippen LogP) is 6.61. The van der Waals surface area contributed by atoms with Crippen LogP contribution >= 0.6 is 0 Å². The molecule has 0 spiro atoms. The SMILES string of the molecule is C=C(CCc1c[nH]c2ccccc12)Nc1cn(C(C(=C)N(C)C)c2ccc(CC)cc2)cn1.C=C(NC)C(C)(C)N. The van der Waals surface area contributed by atoms with Crippen molar-refractivity contribution in [3.63, 3.8) is 0 Å². The topological polar surface area (TPSA) is 86.9 Å². The summed E-state index contributed by atoms with van der Waals surface area (Å²) in [5, 5.41) is 7.54. The normalized spacial score (nSPS) is 11.8. The molecule has 0 amide bonds. The fraction of sp³-hybridized carbons (Fsp3) is 0.324. The van der Waals surface area contributed by atoms with Crippen LogP contribution in [0.2, 0.25) is 0 Å². The van der Waals surface area contributed by atoms with Crippen molar-refractivity contribution in [2.75, 3.05) is 26.5 Å². The zero-order chi connectivity index (χ0) is 30.2. The fourth-order valence-corrected chi connectivity index (χ4v) is 4.45. The number of aromatic amines is 1. The first-order valence-electron chi connectivity index (χ1n) is 14.1. The quantitative estimate of drug-likeness (QED) is 0.159. The van der Waals surface area contributed by atoms with Gasteiger partial charge in [0.1, 0.15) is 5.82 Å². The Bertz CT molecular complexity index is 1450. The van der Waals surface area contributed by atoms with Crippen molar-refractivity contribution >= 4 is 16.7 Å². The van der Waals surface area contributed by atoms with E-state index >= 15 is 0 Å². The Morgan fingerprint density at radius 1 is 1.10 bits per heavy atom. The van der Waals surface area contributed by atoms with Crippen molar-refractivity contribution in [3.05, 3.63) is 121 Å². The maximum Gasteiger partial charge on any atom is 0.148 e. The average molecular weight is 554 g/mol. The highest BCUT2D eigenvalue weighted by Gasteiger charge is 2.20. The second-order valence-corrected chi connectivity index (χ2v) is 11.1. The summed E-state index contributed by atoms with van der Waals surface area (Å²) in [4.78, 5) is 10.0. The zero-order valence-electron chi connectivity index (χ0n) is 25.6. The van der Waals surface area contributed by atoms with Crippen LogP contribution in [0.3, 0.4) is 0 Å². The smallest absolute Gasteiger partial charge is 0.148 e. The number of benzene rings is 2. The van der Waals surface area contributed by atoms with Crippen LogP contribution in [0.15, 0.2) is 104 Å². The van der Waals surface area contributed by atoms with Crippen molar-refractivity contribution in [2.45, 2.75) is 51.6 Å². The molecule has 7 heteroatoms. The van der Waals surface area contributed by atoms with E-state index in [0.29, 0.717) is 0 Å². The van der Waals surface area contributed by atoms with Gasteiger partial charge in [-0.25, -0.2) is 4.98 Å². The van der Waals surface area contributed by atoms with Crippen molar-refractivity contribution in [3.8, 4) is 0 Å². The summed E-state index contributed by atoms with van der Waals surface area (Å²) in [5.74, 6) is 0.792. The molecule has 0 aliphatic carbocycles. The summed E-state index contributed by atoms with van der Waals surface area (Å²) in [6.07, 6.45) is 8.76. The maximum absolute atomic E-state index is 5.63. The highest BCUT2D eigenvalue weighted by Crippen LogP contribution is 2.28. The molecule has 0 radical (unpaired) electrons. The molecule has 0 aliphatic rings. The Kier molecular flexibility index (Phi) is 10.6. The molecule has 218 valence electrons. The molecule has 2 aromatic carbocycles. The van der Waals surface area contributed by atoms with Gasteiger partial charge in [-0.3, -0.25) is 0 Å². The number of hydrogen-bond donors (Lipinski definition) is 4. The van der Waals surface area contributed by atoms with Crippen LogP contribution in [0, 0.1) is 0 Å². The van der Waals surface area contributed by atoms with Crippen molar-refractivity contribution in [1.29, 1.82) is 0 Å². The maximum atomic E-state index is 5.63. The number of allylic oxidation sites excluding steroid dienone is 2. The minimum absolute atomic E-state index is 0.0200. The largest absolute Gasteiger partial charge is 0.390 e. The first-order chi connectivity index (χ1) is 19.4. The third kappa shape index (κ3) is 8.38. The zero-order valence-corrected chi connectivity index (χ0v) is 25.6. The van der Waals surface area contributed by atoms with Gasteiger partial charge in [-0.1, -0.05) is 69.1 Å². The predicted molar refractivity (Wildman–Crippen MR) is 175 cm³/mol. The average Bonchev–Trinajstić information content (AvgIpc) is 3.58. The van der Waals surface area contributed by atoms with Crippen LogP contribution in [0.4, 0.5) is 5.82 Å². The molecular formula is C34H47N7. The lowest BCUT2D eigenvalue weighted by molar-refractivity contribution is 0.441. The number of nitrogens with two attached hydrogens (primary N) is 1. The molecule has 0 saturated carbocycles. The summed E-state index contributed by atoms with van der Waals surface area (Å²) in [7, 11) is 5.87. The van der Waals surface area contributed by atoms with Gasteiger partial charge in [0, 0.05) is 67.1 Å². The molecule has 7 nitrogen and oxygen atoms in total. The minimum Gasteiger partial charge on any atom is -0.390 e.